The molecule has 0 atom stereocenters. The Labute approximate surface area is 178 Å². The fourth-order valence-corrected chi connectivity index (χ4v) is 3.34. The summed E-state index contributed by atoms with van der Waals surface area (Å²) in [6, 6.07) is 15.1. The van der Waals surface area contributed by atoms with E-state index in [2.05, 4.69) is 19.9 Å². The van der Waals surface area contributed by atoms with Crippen LogP contribution in [0.25, 0.3) is 11.1 Å². The second-order valence-electron chi connectivity index (χ2n) is 7.85. The summed E-state index contributed by atoms with van der Waals surface area (Å²) in [6.45, 7) is 7.14. The summed E-state index contributed by atoms with van der Waals surface area (Å²) in [5.41, 5.74) is 3.05. The largest absolute Gasteiger partial charge is 0.478 e. The Hall–Kier alpha value is -3.21. The van der Waals surface area contributed by atoms with E-state index in [-0.39, 0.29) is 0 Å². The van der Waals surface area contributed by atoms with E-state index in [0.29, 0.717) is 24.4 Å². The molecule has 0 aliphatic rings. The molecule has 5 nitrogen and oxygen atoms in total. The van der Waals surface area contributed by atoms with Crippen LogP contribution in [0.4, 0.5) is 0 Å². The van der Waals surface area contributed by atoms with Crippen molar-refractivity contribution in [2.45, 2.75) is 46.6 Å². The Morgan fingerprint density at radius 3 is 2.53 bits per heavy atom. The number of aromatic nitrogens is 3. The van der Waals surface area contributed by atoms with E-state index in [0.717, 1.165) is 41.2 Å². The minimum absolute atomic E-state index is 0.311. The summed E-state index contributed by atoms with van der Waals surface area (Å²) in [5.74, 6) is 1.55. The van der Waals surface area contributed by atoms with Gasteiger partial charge in [-0.25, -0.2) is 14.5 Å². The molecule has 1 N–H and O–H groups in total. The van der Waals surface area contributed by atoms with Crippen molar-refractivity contribution in [2.75, 3.05) is 0 Å². The Balaban J connectivity index is 1.82. The maximum Gasteiger partial charge on any atom is 0.336 e. The average Bonchev–Trinajstić information content (AvgIpc) is 3.12. The molecule has 30 heavy (non-hydrogen) atoms. The van der Waals surface area contributed by atoms with Crippen molar-refractivity contribution >= 4 is 5.97 Å². The molecule has 0 aliphatic carbocycles. The highest BCUT2D eigenvalue weighted by molar-refractivity contribution is 5.95. The maximum atomic E-state index is 11.5. The van der Waals surface area contributed by atoms with Crippen LogP contribution < -0.4 is 0 Å². The minimum atomic E-state index is -0.916. The van der Waals surface area contributed by atoms with Gasteiger partial charge in [0.2, 0.25) is 0 Å². The molecule has 0 aliphatic heterocycles. The molecule has 0 bridgehead atoms. The van der Waals surface area contributed by atoms with Gasteiger partial charge in [0.1, 0.15) is 5.82 Å². The molecule has 2 aromatic carbocycles. The van der Waals surface area contributed by atoms with Crippen LogP contribution in [0.5, 0.6) is 0 Å². The Kier molecular flexibility index (Phi) is 7.17. The number of hydrogen-bond donors (Lipinski definition) is 1. The summed E-state index contributed by atoms with van der Waals surface area (Å²) >= 11 is 0. The van der Waals surface area contributed by atoms with Crippen LogP contribution in [0.2, 0.25) is 0 Å². The van der Waals surface area contributed by atoms with Gasteiger partial charge in [-0.15, -0.1) is 0 Å². The Morgan fingerprint density at radius 2 is 1.87 bits per heavy atom. The van der Waals surface area contributed by atoms with Crippen molar-refractivity contribution in [3.05, 3.63) is 83.5 Å². The molecular formula is C25H29N3O2. The van der Waals surface area contributed by atoms with Gasteiger partial charge in [-0.05, 0) is 42.0 Å². The van der Waals surface area contributed by atoms with E-state index in [4.69, 9.17) is 10.1 Å². The number of aryl methyl sites for hydroxylation is 1. The van der Waals surface area contributed by atoms with Crippen molar-refractivity contribution in [1.82, 2.24) is 14.8 Å². The number of benzene rings is 2. The molecule has 0 saturated carbocycles. The van der Waals surface area contributed by atoms with E-state index < -0.39 is 5.97 Å². The molecule has 1 aromatic heterocycles. The molecular weight excluding hydrogens is 374 g/mol. The number of nitrogens with zero attached hydrogens (tertiary/aromatic N) is 3. The third-order valence-electron chi connectivity index (χ3n) is 5.04. The maximum absolute atomic E-state index is 11.5. The number of rotatable bonds is 9. The third kappa shape index (κ3) is 5.44. The zero-order valence-corrected chi connectivity index (χ0v) is 17.9. The highest BCUT2D eigenvalue weighted by atomic mass is 16.4. The van der Waals surface area contributed by atoms with E-state index in [1.807, 2.05) is 54.1 Å². The molecule has 0 fully saturated rings. The van der Waals surface area contributed by atoms with E-state index in [9.17, 15) is 9.90 Å². The van der Waals surface area contributed by atoms with Crippen LogP contribution >= 0.6 is 0 Å². The molecule has 3 aromatic rings. The Bertz CT molecular complexity index is 1020. The number of carboxylic acids is 1. The zero-order valence-electron chi connectivity index (χ0n) is 17.9. The molecule has 1 heterocycles. The molecule has 0 spiro atoms. The quantitative estimate of drug-likeness (QED) is 0.486. The number of aromatic carboxylic acids is 1. The number of carbonyl (C=O) groups is 1. The first-order valence-corrected chi connectivity index (χ1v) is 10.4. The third-order valence-corrected chi connectivity index (χ3v) is 5.04. The molecule has 0 amide bonds. The monoisotopic (exact) mass is 403 g/mol. The van der Waals surface area contributed by atoms with Crippen molar-refractivity contribution in [3.8, 4) is 11.1 Å². The topological polar surface area (TPSA) is 68.0 Å². The van der Waals surface area contributed by atoms with Crippen LogP contribution in [0.3, 0.4) is 0 Å². The van der Waals surface area contributed by atoms with Gasteiger partial charge in [0.15, 0.2) is 5.82 Å². The van der Waals surface area contributed by atoms with Crippen molar-refractivity contribution in [2.24, 2.45) is 5.92 Å². The van der Waals surface area contributed by atoms with Gasteiger partial charge >= 0.3 is 5.97 Å². The fourth-order valence-electron chi connectivity index (χ4n) is 3.34. The van der Waals surface area contributed by atoms with Gasteiger partial charge < -0.3 is 5.11 Å². The molecule has 3 rings (SSSR count). The summed E-state index contributed by atoms with van der Waals surface area (Å²) in [5, 5.41) is 14.1. The van der Waals surface area contributed by atoms with Gasteiger partial charge in [-0.2, -0.15) is 5.10 Å². The molecule has 5 heteroatoms. The van der Waals surface area contributed by atoms with Gasteiger partial charge in [0.25, 0.3) is 0 Å². The lowest BCUT2D eigenvalue weighted by molar-refractivity contribution is 0.0697. The highest BCUT2D eigenvalue weighted by Gasteiger charge is 2.13. The van der Waals surface area contributed by atoms with Crippen LogP contribution in [-0.4, -0.2) is 25.8 Å². The van der Waals surface area contributed by atoms with Crippen LogP contribution in [-0.2, 0) is 19.4 Å². The smallest absolute Gasteiger partial charge is 0.336 e. The fraction of sp³-hybridized carbons (Fsp3) is 0.320. The standard InChI is InChI=1S/C25H29N3O2/c1-4-5-16-28-24(26-23(27-28)15-10-18(2)3)17-19-11-13-20(14-12-19)21-8-6-7-9-22(21)25(29)30/h4-9,11-14,18H,10,15-17H2,1-3H3,(H,29,30)/b5-4+. The second kappa shape index (κ2) is 10.0. The van der Waals surface area contributed by atoms with E-state index >= 15 is 0 Å². The van der Waals surface area contributed by atoms with Gasteiger partial charge in [-0.1, -0.05) is 68.5 Å². The van der Waals surface area contributed by atoms with Crippen molar-refractivity contribution in [3.63, 3.8) is 0 Å². The van der Waals surface area contributed by atoms with Gasteiger partial charge in [0.05, 0.1) is 12.1 Å². The van der Waals surface area contributed by atoms with Crippen molar-refractivity contribution in [1.29, 1.82) is 0 Å². The SMILES string of the molecule is C/C=C/Cn1nc(CCC(C)C)nc1Cc1ccc(-c2ccccc2C(=O)O)cc1. The number of carboxylic acid groups (broad SMARTS) is 1. The summed E-state index contributed by atoms with van der Waals surface area (Å²) in [7, 11) is 0. The zero-order chi connectivity index (χ0) is 21.5. The predicted molar refractivity (Wildman–Crippen MR) is 120 cm³/mol. The lowest BCUT2D eigenvalue weighted by Crippen LogP contribution is -2.05. The molecule has 0 radical (unpaired) electrons. The normalized spacial score (nSPS) is 11.5. The van der Waals surface area contributed by atoms with Crippen LogP contribution in [0.1, 0.15) is 54.8 Å². The molecule has 0 unspecified atom stereocenters. The van der Waals surface area contributed by atoms with Crippen LogP contribution in [0, 0.1) is 5.92 Å². The second-order valence-corrected chi connectivity index (χ2v) is 7.85. The molecule has 0 saturated heterocycles. The molecule has 156 valence electrons. The first-order chi connectivity index (χ1) is 14.5. The van der Waals surface area contributed by atoms with Crippen molar-refractivity contribution < 1.29 is 9.90 Å². The summed E-state index contributed by atoms with van der Waals surface area (Å²) < 4.78 is 1.98. The number of hydrogen-bond acceptors (Lipinski definition) is 3. The lowest BCUT2D eigenvalue weighted by Gasteiger charge is -2.08. The number of allylic oxidation sites excluding steroid dienone is 2. The minimum Gasteiger partial charge on any atom is -0.478 e. The highest BCUT2D eigenvalue weighted by Crippen LogP contribution is 2.24. The van der Waals surface area contributed by atoms with Gasteiger partial charge in [-0.3, -0.25) is 0 Å². The first-order valence-electron chi connectivity index (χ1n) is 10.4. The predicted octanol–water partition coefficient (Wildman–Crippen LogP) is 5.40. The average molecular weight is 404 g/mol. The van der Waals surface area contributed by atoms with Gasteiger partial charge in [0, 0.05) is 12.8 Å². The first kappa shape index (κ1) is 21.5. The Morgan fingerprint density at radius 1 is 1.13 bits per heavy atom. The van der Waals surface area contributed by atoms with Crippen LogP contribution in [0.15, 0.2) is 60.7 Å². The summed E-state index contributed by atoms with van der Waals surface area (Å²) in [4.78, 5) is 16.3. The van der Waals surface area contributed by atoms with E-state index in [1.54, 1.807) is 12.1 Å². The van der Waals surface area contributed by atoms with E-state index in [1.165, 1.54) is 0 Å². The summed E-state index contributed by atoms with van der Waals surface area (Å²) in [6.07, 6.45) is 6.75. The lowest BCUT2D eigenvalue weighted by atomic mass is 9.98.